The lowest BCUT2D eigenvalue weighted by Gasteiger charge is -2.27. The monoisotopic (exact) mass is 309 g/mol. The average Bonchev–Trinajstić information content (AvgIpc) is 3.00. The Labute approximate surface area is 124 Å². The van der Waals surface area contributed by atoms with E-state index in [0.717, 1.165) is 19.3 Å². The number of carboxylic acids is 1. The first-order valence-electron chi connectivity index (χ1n) is 7.17. The zero-order valence-electron chi connectivity index (χ0n) is 12.2. The highest BCUT2D eigenvalue weighted by Crippen LogP contribution is 2.41. The summed E-state index contributed by atoms with van der Waals surface area (Å²) in [6.45, 7) is 3.98. The van der Waals surface area contributed by atoms with Gasteiger partial charge in [-0.3, -0.25) is 0 Å². The molecular formula is C15H19NO4S. The smallest absolute Gasteiger partial charge is 0.335 e. The highest BCUT2D eigenvalue weighted by atomic mass is 32.2. The molecule has 114 valence electrons. The van der Waals surface area contributed by atoms with Gasteiger partial charge in [0.2, 0.25) is 10.0 Å². The molecule has 1 aromatic carbocycles. The third-order valence-corrected chi connectivity index (χ3v) is 6.76. The maximum atomic E-state index is 12.9. The van der Waals surface area contributed by atoms with Crippen molar-refractivity contribution in [3.05, 3.63) is 28.8 Å². The first kappa shape index (κ1) is 14.5. The Morgan fingerprint density at radius 3 is 2.48 bits per heavy atom. The lowest BCUT2D eigenvalue weighted by atomic mass is 10.1. The molecule has 0 aromatic heterocycles. The fourth-order valence-electron chi connectivity index (χ4n) is 3.64. The van der Waals surface area contributed by atoms with Crippen LogP contribution >= 0.6 is 0 Å². The number of benzene rings is 1. The van der Waals surface area contributed by atoms with Crippen LogP contribution in [0.3, 0.4) is 0 Å². The SMILES string of the molecule is Cc1cc(C)c(S(=O)(=O)N2CC3CCC2C3)cc1C(=O)O. The zero-order chi connectivity index (χ0) is 15.4. The molecule has 6 heteroatoms. The van der Waals surface area contributed by atoms with Gasteiger partial charge in [0, 0.05) is 12.6 Å². The number of piperidine rings is 1. The fraction of sp³-hybridized carbons (Fsp3) is 0.533. The van der Waals surface area contributed by atoms with E-state index >= 15 is 0 Å². The molecule has 1 aliphatic carbocycles. The summed E-state index contributed by atoms with van der Waals surface area (Å²) in [6.07, 6.45) is 2.96. The van der Waals surface area contributed by atoms with E-state index in [1.807, 2.05) is 0 Å². The van der Waals surface area contributed by atoms with E-state index in [1.165, 1.54) is 6.07 Å². The van der Waals surface area contributed by atoms with Crippen LogP contribution in [0.4, 0.5) is 0 Å². The number of carbonyl (C=O) groups is 1. The van der Waals surface area contributed by atoms with Gasteiger partial charge in [0.1, 0.15) is 0 Å². The number of nitrogens with zero attached hydrogens (tertiary/aromatic N) is 1. The Hall–Kier alpha value is -1.40. The summed E-state index contributed by atoms with van der Waals surface area (Å²) in [4.78, 5) is 11.4. The van der Waals surface area contributed by atoms with Crippen molar-refractivity contribution in [3.8, 4) is 0 Å². The molecule has 1 saturated heterocycles. The minimum absolute atomic E-state index is 0.0588. The number of sulfonamides is 1. The summed E-state index contributed by atoms with van der Waals surface area (Å²) >= 11 is 0. The van der Waals surface area contributed by atoms with Crippen molar-refractivity contribution in [2.45, 2.75) is 44.0 Å². The van der Waals surface area contributed by atoms with Crippen LogP contribution in [0, 0.1) is 19.8 Å². The Bertz CT molecular complexity index is 711. The molecule has 2 unspecified atom stereocenters. The van der Waals surface area contributed by atoms with Crippen LogP contribution in [-0.2, 0) is 10.0 Å². The van der Waals surface area contributed by atoms with Crippen LogP contribution in [0.2, 0.25) is 0 Å². The molecule has 1 aliphatic heterocycles. The molecule has 1 aromatic rings. The second kappa shape index (κ2) is 4.81. The van der Waals surface area contributed by atoms with Crippen LogP contribution in [0.15, 0.2) is 17.0 Å². The van der Waals surface area contributed by atoms with Crippen molar-refractivity contribution in [1.29, 1.82) is 0 Å². The van der Waals surface area contributed by atoms with Gasteiger partial charge in [-0.1, -0.05) is 6.07 Å². The van der Waals surface area contributed by atoms with Crippen LogP contribution in [-0.4, -0.2) is 36.4 Å². The maximum absolute atomic E-state index is 12.9. The van der Waals surface area contributed by atoms with Gasteiger partial charge in [0.15, 0.2) is 0 Å². The molecule has 1 saturated carbocycles. The molecule has 0 radical (unpaired) electrons. The summed E-state index contributed by atoms with van der Waals surface area (Å²) < 4.78 is 27.3. The van der Waals surface area contributed by atoms with Gasteiger partial charge in [-0.05, 0) is 56.2 Å². The van der Waals surface area contributed by atoms with Gasteiger partial charge in [-0.2, -0.15) is 4.31 Å². The standard InChI is InChI=1S/C15H19NO4S/c1-9-5-10(2)14(7-13(9)15(17)18)21(19,20)16-8-11-3-4-12(16)6-11/h5,7,11-12H,3-4,6,8H2,1-2H3,(H,17,18). The van der Waals surface area contributed by atoms with Crippen molar-refractivity contribution in [1.82, 2.24) is 4.31 Å². The van der Waals surface area contributed by atoms with Crippen LogP contribution < -0.4 is 0 Å². The van der Waals surface area contributed by atoms with E-state index in [1.54, 1.807) is 24.2 Å². The molecule has 2 bridgehead atoms. The molecule has 2 atom stereocenters. The normalized spacial score (nSPS) is 25.4. The summed E-state index contributed by atoms with van der Waals surface area (Å²) in [5, 5.41) is 9.21. The minimum Gasteiger partial charge on any atom is -0.478 e. The summed E-state index contributed by atoms with van der Waals surface area (Å²) in [5.74, 6) is -0.624. The Morgan fingerprint density at radius 2 is 1.95 bits per heavy atom. The molecule has 3 rings (SSSR count). The molecule has 1 heterocycles. The number of hydrogen-bond acceptors (Lipinski definition) is 3. The molecule has 1 N–H and O–H groups in total. The van der Waals surface area contributed by atoms with Crippen LogP contribution in [0.25, 0.3) is 0 Å². The summed E-state index contributed by atoms with van der Waals surface area (Å²) in [5.41, 5.74) is 1.26. The topological polar surface area (TPSA) is 74.7 Å². The predicted octanol–water partition coefficient (Wildman–Crippen LogP) is 2.17. The van der Waals surface area contributed by atoms with E-state index in [4.69, 9.17) is 0 Å². The van der Waals surface area contributed by atoms with Crippen molar-refractivity contribution in [2.24, 2.45) is 5.92 Å². The first-order chi connectivity index (χ1) is 9.80. The molecule has 2 fully saturated rings. The first-order valence-corrected chi connectivity index (χ1v) is 8.61. The van der Waals surface area contributed by atoms with Gasteiger partial charge >= 0.3 is 5.97 Å². The van der Waals surface area contributed by atoms with E-state index in [2.05, 4.69) is 0 Å². The number of aromatic carboxylic acids is 1. The predicted molar refractivity (Wildman–Crippen MR) is 77.9 cm³/mol. The molecule has 5 nitrogen and oxygen atoms in total. The molecule has 21 heavy (non-hydrogen) atoms. The van der Waals surface area contributed by atoms with Crippen LogP contribution in [0.1, 0.15) is 40.7 Å². The Kier molecular flexibility index (Phi) is 3.33. The van der Waals surface area contributed by atoms with Gasteiger partial charge in [-0.25, -0.2) is 13.2 Å². The highest BCUT2D eigenvalue weighted by Gasteiger charge is 2.44. The van der Waals surface area contributed by atoms with E-state index in [-0.39, 0.29) is 16.5 Å². The lowest BCUT2D eigenvalue weighted by Crippen LogP contribution is -2.38. The van der Waals surface area contributed by atoms with Crippen LogP contribution in [0.5, 0.6) is 0 Å². The molecular weight excluding hydrogens is 290 g/mol. The van der Waals surface area contributed by atoms with E-state index < -0.39 is 16.0 Å². The average molecular weight is 309 g/mol. The van der Waals surface area contributed by atoms with Crippen molar-refractivity contribution in [3.63, 3.8) is 0 Å². The third kappa shape index (κ3) is 2.26. The number of carboxylic acid groups (broad SMARTS) is 1. The molecule has 0 amide bonds. The van der Waals surface area contributed by atoms with Gasteiger partial charge in [-0.15, -0.1) is 0 Å². The van der Waals surface area contributed by atoms with Gasteiger partial charge in [0.25, 0.3) is 0 Å². The lowest BCUT2D eigenvalue weighted by molar-refractivity contribution is 0.0696. The molecule has 0 spiro atoms. The fourth-order valence-corrected chi connectivity index (χ4v) is 5.62. The molecule has 2 aliphatic rings. The largest absolute Gasteiger partial charge is 0.478 e. The number of aryl methyl sites for hydroxylation is 2. The van der Waals surface area contributed by atoms with Crippen molar-refractivity contribution in [2.75, 3.05) is 6.54 Å². The van der Waals surface area contributed by atoms with Gasteiger partial charge in [0.05, 0.1) is 10.5 Å². The maximum Gasteiger partial charge on any atom is 0.335 e. The van der Waals surface area contributed by atoms with E-state index in [9.17, 15) is 18.3 Å². The minimum atomic E-state index is -3.60. The number of hydrogen-bond donors (Lipinski definition) is 1. The van der Waals surface area contributed by atoms with Crippen molar-refractivity contribution >= 4 is 16.0 Å². The highest BCUT2D eigenvalue weighted by molar-refractivity contribution is 7.89. The number of rotatable bonds is 3. The Morgan fingerprint density at radius 1 is 1.24 bits per heavy atom. The Balaban J connectivity index is 2.07. The second-order valence-corrected chi connectivity index (χ2v) is 8.00. The van der Waals surface area contributed by atoms with Gasteiger partial charge < -0.3 is 5.11 Å². The summed E-state index contributed by atoms with van der Waals surface area (Å²) in [7, 11) is -3.60. The van der Waals surface area contributed by atoms with Crippen molar-refractivity contribution < 1.29 is 18.3 Å². The second-order valence-electron chi connectivity index (χ2n) is 6.15. The quantitative estimate of drug-likeness (QED) is 0.928. The summed E-state index contributed by atoms with van der Waals surface area (Å²) in [6, 6.07) is 3.05. The third-order valence-electron chi connectivity index (χ3n) is 4.70. The van der Waals surface area contributed by atoms with E-state index in [0.29, 0.717) is 23.6 Å². The number of fused-ring (bicyclic) bond motifs is 2. The zero-order valence-corrected chi connectivity index (χ0v) is 13.0.